The van der Waals surface area contributed by atoms with Crippen LogP contribution in [-0.2, 0) is 15.5 Å². The van der Waals surface area contributed by atoms with Gasteiger partial charge in [0.1, 0.15) is 5.78 Å². The van der Waals surface area contributed by atoms with E-state index in [0.717, 1.165) is 5.56 Å². The number of hydrogen-bond donors (Lipinski definition) is 1. The van der Waals surface area contributed by atoms with Crippen LogP contribution in [0.15, 0.2) is 54.6 Å². The Balaban J connectivity index is 2.21. The van der Waals surface area contributed by atoms with Crippen molar-refractivity contribution < 1.29 is 13.9 Å². The molecule has 2 aromatic rings. The molecule has 1 unspecified atom stereocenters. The summed E-state index contributed by atoms with van der Waals surface area (Å²) in [7, 11) is -3.01. The van der Waals surface area contributed by atoms with E-state index in [1.165, 1.54) is 5.56 Å². The molecule has 2 atom stereocenters. The molecule has 2 rings (SSSR count). The molecule has 0 saturated heterocycles. The van der Waals surface area contributed by atoms with Crippen LogP contribution in [-0.4, -0.2) is 25.0 Å². The Labute approximate surface area is 156 Å². The van der Waals surface area contributed by atoms with Gasteiger partial charge in [-0.25, -0.2) is 0 Å². The number of amides is 1. The van der Waals surface area contributed by atoms with Gasteiger partial charge >= 0.3 is 0 Å². The monoisotopic (exact) mass is 373 g/mol. The number of benzene rings is 2. The molecular weight excluding hydrogens is 345 g/mol. The van der Waals surface area contributed by atoms with Crippen LogP contribution < -0.4 is 5.32 Å². The van der Waals surface area contributed by atoms with E-state index in [1.54, 1.807) is 18.8 Å². The van der Waals surface area contributed by atoms with E-state index < -0.39 is 13.2 Å². The number of hydrogen-bond acceptors (Lipinski definition) is 3. The van der Waals surface area contributed by atoms with Crippen LogP contribution in [0, 0.1) is 0 Å². The highest BCUT2D eigenvalue weighted by atomic mass is 31.2. The Morgan fingerprint density at radius 2 is 1.69 bits per heavy atom. The summed E-state index contributed by atoms with van der Waals surface area (Å²) in [5, 5.41) is 2.92. The lowest BCUT2D eigenvalue weighted by molar-refractivity contribution is 0.0945. The second-order valence-corrected chi connectivity index (χ2v) is 9.48. The Kier molecular flexibility index (Phi) is 7.19. The Bertz CT molecular complexity index is 757. The fourth-order valence-electron chi connectivity index (χ4n) is 2.77. The summed E-state index contributed by atoms with van der Waals surface area (Å²) >= 11 is 0. The van der Waals surface area contributed by atoms with Gasteiger partial charge in [0.25, 0.3) is 5.91 Å². The summed E-state index contributed by atoms with van der Waals surface area (Å²) in [6.45, 7) is 8.04. The van der Waals surface area contributed by atoms with E-state index in [1.807, 2.05) is 37.3 Å². The van der Waals surface area contributed by atoms with Gasteiger partial charge < -0.3 is 9.84 Å². The van der Waals surface area contributed by atoms with Crippen molar-refractivity contribution in [2.75, 3.05) is 13.3 Å². The summed E-state index contributed by atoms with van der Waals surface area (Å²) in [4.78, 5) is 12.6. The van der Waals surface area contributed by atoms with Gasteiger partial charge in [-0.15, -0.1) is 0 Å². The SMILES string of the molecule is CCOP(C)(=O)[C@@H](Cc1ccc(C(C)C)cc1)NC(=O)c1ccccc1. The van der Waals surface area contributed by atoms with Crippen LogP contribution in [0.1, 0.15) is 48.2 Å². The van der Waals surface area contributed by atoms with Crippen LogP contribution >= 0.6 is 7.37 Å². The zero-order valence-corrected chi connectivity index (χ0v) is 16.8. The smallest absolute Gasteiger partial charge is 0.251 e. The molecule has 0 bridgehead atoms. The largest absolute Gasteiger partial charge is 0.340 e. The fraction of sp³-hybridized carbons (Fsp3) is 0.381. The van der Waals surface area contributed by atoms with E-state index in [4.69, 9.17) is 4.52 Å². The summed E-state index contributed by atoms with van der Waals surface area (Å²) in [5.74, 6) is -0.352. The topological polar surface area (TPSA) is 55.4 Å². The van der Waals surface area contributed by atoms with Gasteiger partial charge in [0, 0.05) is 18.6 Å². The molecule has 0 aliphatic heterocycles. The van der Waals surface area contributed by atoms with Crippen molar-refractivity contribution in [3.63, 3.8) is 0 Å². The molecule has 0 fully saturated rings. The lowest BCUT2D eigenvalue weighted by Gasteiger charge is -2.25. The van der Waals surface area contributed by atoms with Crippen molar-refractivity contribution >= 4 is 13.3 Å². The molecule has 5 heteroatoms. The van der Waals surface area contributed by atoms with Gasteiger partial charge in [0.15, 0.2) is 0 Å². The molecule has 0 heterocycles. The van der Waals surface area contributed by atoms with Gasteiger partial charge in [-0.05, 0) is 36.1 Å². The van der Waals surface area contributed by atoms with Crippen molar-refractivity contribution in [1.29, 1.82) is 0 Å². The summed E-state index contributed by atoms with van der Waals surface area (Å²) < 4.78 is 18.5. The molecular formula is C21H28NO3P. The lowest BCUT2D eigenvalue weighted by Crippen LogP contribution is -2.36. The zero-order chi connectivity index (χ0) is 19.2. The van der Waals surface area contributed by atoms with E-state index in [2.05, 4.69) is 31.3 Å². The van der Waals surface area contributed by atoms with E-state index in [9.17, 15) is 9.36 Å². The first-order chi connectivity index (χ1) is 12.3. The molecule has 0 aliphatic rings. The van der Waals surface area contributed by atoms with E-state index in [-0.39, 0.29) is 5.91 Å². The molecule has 140 valence electrons. The molecule has 0 radical (unpaired) electrons. The first-order valence-corrected chi connectivity index (χ1v) is 11.1. The Morgan fingerprint density at radius 3 is 2.23 bits per heavy atom. The standard InChI is InChI=1S/C21H28NO3P/c1-5-25-26(4,24)20(22-21(23)19-9-7-6-8-10-19)15-17-11-13-18(14-12-17)16(2)3/h6-14,16,20H,5,15H2,1-4H3,(H,22,23)/t20-,26?/m0/s1. The minimum absolute atomic E-state index is 0.240. The maximum absolute atomic E-state index is 13.0. The summed E-state index contributed by atoms with van der Waals surface area (Å²) in [5.41, 5.74) is 2.82. The molecule has 26 heavy (non-hydrogen) atoms. The van der Waals surface area contributed by atoms with Crippen LogP contribution in [0.4, 0.5) is 0 Å². The second kappa shape index (κ2) is 9.16. The first kappa shape index (κ1) is 20.4. The molecule has 1 amide bonds. The number of nitrogens with one attached hydrogen (secondary N) is 1. The highest BCUT2D eigenvalue weighted by molar-refractivity contribution is 7.58. The highest BCUT2D eigenvalue weighted by Crippen LogP contribution is 2.48. The van der Waals surface area contributed by atoms with Gasteiger partial charge in [0.05, 0.1) is 6.61 Å². The predicted octanol–water partition coefficient (Wildman–Crippen LogP) is 5.05. The molecule has 0 aliphatic carbocycles. The zero-order valence-electron chi connectivity index (χ0n) is 15.9. The summed E-state index contributed by atoms with van der Waals surface area (Å²) in [6.07, 6.45) is 0.463. The summed E-state index contributed by atoms with van der Waals surface area (Å²) in [6, 6.07) is 17.2. The van der Waals surface area contributed by atoms with Gasteiger partial charge in [-0.3, -0.25) is 9.36 Å². The molecule has 0 aromatic heterocycles. The van der Waals surface area contributed by atoms with Gasteiger partial charge in [-0.2, -0.15) is 0 Å². The molecule has 1 N–H and O–H groups in total. The van der Waals surface area contributed by atoms with Crippen molar-refractivity contribution in [3.05, 3.63) is 71.3 Å². The molecule has 4 nitrogen and oxygen atoms in total. The maximum atomic E-state index is 13.0. The maximum Gasteiger partial charge on any atom is 0.251 e. The van der Waals surface area contributed by atoms with Crippen molar-refractivity contribution in [2.45, 2.75) is 38.9 Å². The number of carbonyl (C=O) groups excluding carboxylic acids is 1. The average molecular weight is 373 g/mol. The minimum atomic E-state index is -3.01. The van der Waals surface area contributed by atoms with Crippen LogP contribution in [0.25, 0.3) is 0 Å². The van der Waals surface area contributed by atoms with Crippen molar-refractivity contribution in [3.8, 4) is 0 Å². The normalized spacial score (nSPS) is 14.7. The fourth-order valence-corrected chi connectivity index (χ4v) is 4.35. The molecule has 0 spiro atoms. The Hall–Kier alpha value is -1.90. The van der Waals surface area contributed by atoms with Gasteiger partial charge in [-0.1, -0.05) is 56.3 Å². The predicted molar refractivity (Wildman–Crippen MR) is 107 cm³/mol. The highest BCUT2D eigenvalue weighted by Gasteiger charge is 2.31. The first-order valence-electron chi connectivity index (χ1n) is 9.00. The van der Waals surface area contributed by atoms with Crippen LogP contribution in [0.3, 0.4) is 0 Å². The third-order valence-electron chi connectivity index (χ3n) is 4.36. The van der Waals surface area contributed by atoms with Gasteiger partial charge in [0.2, 0.25) is 7.37 Å². The Morgan fingerprint density at radius 1 is 1.08 bits per heavy atom. The third kappa shape index (κ3) is 5.55. The molecule has 0 saturated carbocycles. The quantitative estimate of drug-likeness (QED) is 0.659. The van der Waals surface area contributed by atoms with Crippen LogP contribution in [0.2, 0.25) is 0 Å². The van der Waals surface area contributed by atoms with Crippen LogP contribution in [0.5, 0.6) is 0 Å². The number of carbonyl (C=O) groups is 1. The van der Waals surface area contributed by atoms with E-state index >= 15 is 0 Å². The second-order valence-electron chi connectivity index (χ2n) is 6.78. The lowest BCUT2D eigenvalue weighted by atomic mass is 10.0. The third-order valence-corrected chi connectivity index (χ3v) is 6.58. The number of rotatable bonds is 8. The van der Waals surface area contributed by atoms with Crippen molar-refractivity contribution in [1.82, 2.24) is 5.32 Å². The average Bonchev–Trinajstić information content (AvgIpc) is 2.62. The minimum Gasteiger partial charge on any atom is -0.340 e. The van der Waals surface area contributed by atoms with E-state index in [0.29, 0.717) is 24.5 Å². The molecule has 2 aromatic carbocycles. The van der Waals surface area contributed by atoms with Crippen molar-refractivity contribution in [2.24, 2.45) is 0 Å².